The number of hydrogen-bond donors (Lipinski definition) is 1. The summed E-state index contributed by atoms with van der Waals surface area (Å²) in [5, 5.41) is 1.75. The van der Waals surface area contributed by atoms with Crippen LogP contribution in [0.4, 0.5) is 0 Å². The van der Waals surface area contributed by atoms with Gasteiger partial charge in [-0.05, 0) is 60.7 Å². The molecule has 1 N–H and O–H groups in total. The van der Waals surface area contributed by atoms with E-state index in [9.17, 15) is 13.2 Å². The van der Waals surface area contributed by atoms with Crippen molar-refractivity contribution in [2.45, 2.75) is 23.1 Å². The first kappa shape index (κ1) is 20.9. The van der Waals surface area contributed by atoms with Crippen molar-refractivity contribution in [3.63, 3.8) is 0 Å². The van der Waals surface area contributed by atoms with Gasteiger partial charge in [-0.1, -0.05) is 18.2 Å². The fourth-order valence-corrected chi connectivity index (χ4v) is 6.32. The number of benzene rings is 2. The fourth-order valence-electron chi connectivity index (χ4n) is 4.01. The van der Waals surface area contributed by atoms with Gasteiger partial charge in [0.25, 0.3) is 5.91 Å². The number of sulfonamides is 1. The van der Waals surface area contributed by atoms with E-state index in [4.69, 9.17) is 0 Å². The van der Waals surface area contributed by atoms with Crippen LogP contribution in [0, 0.1) is 0 Å². The molecule has 0 atom stereocenters. The summed E-state index contributed by atoms with van der Waals surface area (Å²) in [4.78, 5) is 19.2. The SMILES string of the molecule is O=C(c1ccc(-n2cnc3ccccc32)cc1)N1CCC(NS(=O)(=O)c2cccs2)CC1. The first-order valence-electron chi connectivity index (χ1n) is 10.4. The Balaban J connectivity index is 1.23. The van der Waals surface area contributed by atoms with Crippen molar-refractivity contribution in [3.05, 3.63) is 77.9 Å². The van der Waals surface area contributed by atoms with E-state index in [1.807, 2.05) is 53.1 Å². The number of amides is 1. The predicted octanol–water partition coefficient (Wildman–Crippen LogP) is 3.67. The summed E-state index contributed by atoms with van der Waals surface area (Å²) in [6.07, 6.45) is 2.97. The van der Waals surface area contributed by atoms with E-state index in [2.05, 4.69) is 9.71 Å². The molecule has 5 rings (SSSR count). The zero-order valence-electron chi connectivity index (χ0n) is 17.2. The maximum atomic E-state index is 13.0. The molecule has 1 saturated heterocycles. The topological polar surface area (TPSA) is 84.3 Å². The van der Waals surface area contributed by atoms with Gasteiger partial charge in [0.15, 0.2) is 0 Å². The lowest BCUT2D eigenvalue weighted by atomic mass is 10.0. The van der Waals surface area contributed by atoms with E-state index in [0.717, 1.165) is 16.7 Å². The zero-order valence-corrected chi connectivity index (χ0v) is 18.8. The lowest BCUT2D eigenvalue weighted by Gasteiger charge is -2.32. The van der Waals surface area contributed by atoms with Crippen LogP contribution >= 0.6 is 11.3 Å². The molecule has 9 heteroatoms. The van der Waals surface area contributed by atoms with Gasteiger partial charge >= 0.3 is 0 Å². The van der Waals surface area contributed by atoms with Gasteiger partial charge in [0.05, 0.1) is 11.0 Å². The molecule has 0 saturated carbocycles. The van der Waals surface area contributed by atoms with E-state index in [0.29, 0.717) is 35.7 Å². The number of imidazole rings is 1. The average Bonchev–Trinajstić information content (AvgIpc) is 3.50. The number of hydrogen-bond acceptors (Lipinski definition) is 5. The molecule has 164 valence electrons. The Morgan fingerprint density at radius 3 is 2.47 bits per heavy atom. The van der Waals surface area contributed by atoms with Crippen LogP contribution in [0.2, 0.25) is 0 Å². The Hall–Kier alpha value is -3.01. The summed E-state index contributed by atoms with van der Waals surface area (Å²) in [6, 6.07) is 18.6. The molecule has 0 aliphatic carbocycles. The average molecular weight is 467 g/mol. The highest BCUT2D eigenvalue weighted by Crippen LogP contribution is 2.21. The molecule has 32 heavy (non-hydrogen) atoms. The van der Waals surface area contributed by atoms with E-state index < -0.39 is 10.0 Å². The first-order valence-corrected chi connectivity index (χ1v) is 12.8. The number of thiophene rings is 1. The highest BCUT2D eigenvalue weighted by molar-refractivity contribution is 7.91. The third kappa shape index (κ3) is 4.06. The van der Waals surface area contributed by atoms with Gasteiger partial charge in [-0.25, -0.2) is 18.1 Å². The summed E-state index contributed by atoms with van der Waals surface area (Å²) in [5.74, 6) is -0.0356. The third-order valence-electron chi connectivity index (χ3n) is 5.71. The number of nitrogens with one attached hydrogen (secondary N) is 1. The Morgan fingerprint density at radius 1 is 1.00 bits per heavy atom. The largest absolute Gasteiger partial charge is 0.339 e. The van der Waals surface area contributed by atoms with Crippen LogP contribution < -0.4 is 4.72 Å². The van der Waals surface area contributed by atoms with Gasteiger partial charge in [-0.15, -0.1) is 11.3 Å². The number of likely N-dealkylation sites (tertiary alicyclic amines) is 1. The standard InChI is InChI=1S/C23H22N4O3S2/c28-23(26-13-11-18(12-14-26)25-32(29,30)22-6-3-15-31-22)17-7-9-19(10-8-17)27-16-24-20-4-1-2-5-21(20)27/h1-10,15-16,18,25H,11-14H2. The Bertz CT molecular complexity index is 1340. The molecule has 0 unspecified atom stereocenters. The van der Waals surface area contributed by atoms with Gasteiger partial charge in [0, 0.05) is 30.4 Å². The summed E-state index contributed by atoms with van der Waals surface area (Å²) in [6.45, 7) is 1.04. The molecular weight excluding hydrogens is 444 g/mol. The summed E-state index contributed by atoms with van der Waals surface area (Å²) < 4.78 is 29.9. The molecule has 3 heterocycles. The van der Waals surface area contributed by atoms with E-state index in [1.54, 1.807) is 28.7 Å². The molecule has 2 aromatic heterocycles. The number of carbonyl (C=O) groups excluding carboxylic acids is 1. The maximum Gasteiger partial charge on any atom is 0.253 e. The molecule has 4 aromatic rings. The maximum absolute atomic E-state index is 13.0. The lowest BCUT2D eigenvalue weighted by molar-refractivity contribution is 0.0711. The Morgan fingerprint density at radius 2 is 1.75 bits per heavy atom. The molecule has 1 fully saturated rings. The molecule has 1 aliphatic heterocycles. The molecule has 0 spiro atoms. The van der Waals surface area contributed by atoms with Gasteiger partial charge in [0.1, 0.15) is 10.5 Å². The van der Waals surface area contributed by atoms with Crippen molar-refractivity contribution >= 4 is 38.3 Å². The van der Waals surface area contributed by atoms with Crippen LogP contribution in [0.15, 0.2) is 76.6 Å². The van der Waals surface area contributed by atoms with Crippen LogP contribution in [0.5, 0.6) is 0 Å². The molecule has 1 amide bonds. The van der Waals surface area contributed by atoms with Crippen molar-refractivity contribution in [2.24, 2.45) is 0 Å². The van der Waals surface area contributed by atoms with Crippen LogP contribution in [0.1, 0.15) is 23.2 Å². The van der Waals surface area contributed by atoms with Crippen molar-refractivity contribution in [2.75, 3.05) is 13.1 Å². The van der Waals surface area contributed by atoms with Gasteiger partial charge < -0.3 is 4.90 Å². The number of rotatable bonds is 5. The second-order valence-corrected chi connectivity index (χ2v) is 10.7. The van der Waals surface area contributed by atoms with Gasteiger partial charge in [0.2, 0.25) is 10.0 Å². The van der Waals surface area contributed by atoms with Crippen molar-refractivity contribution in [1.29, 1.82) is 0 Å². The lowest BCUT2D eigenvalue weighted by Crippen LogP contribution is -2.46. The van der Waals surface area contributed by atoms with Crippen molar-refractivity contribution < 1.29 is 13.2 Å². The molecule has 2 aromatic carbocycles. The van der Waals surface area contributed by atoms with Gasteiger partial charge in [-0.2, -0.15) is 0 Å². The molecular formula is C23H22N4O3S2. The zero-order chi connectivity index (χ0) is 22.1. The van der Waals surface area contributed by atoms with Crippen molar-refractivity contribution in [1.82, 2.24) is 19.2 Å². The normalized spacial score (nSPS) is 15.3. The monoisotopic (exact) mass is 466 g/mol. The number of aromatic nitrogens is 2. The minimum Gasteiger partial charge on any atom is -0.339 e. The molecule has 0 radical (unpaired) electrons. The minimum atomic E-state index is -3.49. The van der Waals surface area contributed by atoms with Crippen molar-refractivity contribution in [3.8, 4) is 5.69 Å². The highest BCUT2D eigenvalue weighted by atomic mass is 32.2. The summed E-state index contributed by atoms with van der Waals surface area (Å²) >= 11 is 1.20. The van der Waals surface area contributed by atoms with Crippen LogP contribution in [0.3, 0.4) is 0 Å². The predicted molar refractivity (Wildman–Crippen MR) is 125 cm³/mol. The number of nitrogens with zero attached hydrogens (tertiary/aromatic N) is 3. The number of para-hydroxylation sites is 2. The first-order chi connectivity index (χ1) is 15.5. The summed E-state index contributed by atoms with van der Waals surface area (Å²) in [7, 11) is -3.49. The fraction of sp³-hybridized carbons (Fsp3) is 0.217. The Kier molecular flexibility index (Phi) is 5.54. The van der Waals surface area contributed by atoms with E-state index in [1.165, 1.54) is 11.3 Å². The molecule has 1 aliphatic rings. The number of fused-ring (bicyclic) bond motifs is 1. The van der Waals surface area contributed by atoms with E-state index >= 15 is 0 Å². The molecule has 7 nitrogen and oxygen atoms in total. The highest BCUT2D eigenvalue weighted by Gasteiger charge is 2.27. The quantitative estimate of drug-likeness (QED) is 0.486. The van der Waals surface area contributed by atoms with Crippen LogP contribution in [-0.2, 0) is 10.0 Å². The second kappa shape index (κ2) is 8.50. The third-order valence-corrected chi connectivity index (χ3v) is 8.63. The number of carbonyl (C=O) groups is 1. The smallest absolute Gasteiger partial charge is 0.253 e. The Labute approximate surface area is 190 Å². The van der Waals surface area contributed by atoms with Gasteiger partial charge in [-0.3, -0.25) is 9.36 Å². The second-order valence-electron chi connectivity index (χ2n) is 7.77. The minimum absolute atomic E-state index is 0.0356. The van der Waals surface area contributed by atoms with Crippen LogP contribution in [0.25, 0.3) is 16.7 Å². The number of piperidine rings is 1. The van der Waals surface area contributed by atoms with Crippen LogP contribution in [-0.4, -0.2) is 47.9 Å². The summed E-state index contributed by atoms with van der Waals surface area (Å²) in [5.41, 5.74) is 3.50. The molecule has 0 bridgehead atoms. The van der Waals surface area contributed by atoms with E-state index in [-0.39, 0.29) is 11.9 Å².